The molecule has 0 aliphatic heterocycles. The minimum Gasteiger partial charge on any atom is -0.515 e. The number of hydrogen-bond donors (Lipinski definition) is 1. The molecule has 1 rings (SSSR count). The molecule has 0 aliphatic rings. The molecule has 0 saturated heterocycles. The Labute approximate surface area is 65.1 Å². The lowest BCUT2D eigenvalue weighted by atomic mass is 10.2. The highest BCUT2D eigenvalue weighted by Crippen LogP contribution is 1.96. The Morgan fingerprint density at radius 3 is 2.73 bits per heavy atom. The zero-order valence-electron chi connectivity index (χ0n) is 6.37. The van der Waals surface area contributed by atoms with Gasteiger partial charge in [0.15, 0.2) is 0 Å². The molecule has 0 aliphatic carbocycles. The fourth-order valence-corrected chi connectivity index (χ4v) is 0.914. The summed E-state index contributed by atoms with van der Waals surface area (Å²) in [5.41, 5.74) is 0. The number of ether oxygens (including phenoxy) is 1. The van der Waals surface area contributed by atoms with Gasteiger partial charge in [-0.05, 0) is 11.3 Å². The second-order valence-electron chi connectivity index (χ2n) is 2.16. The first-order valence-electron chi connectivity index (χ1n) is 3.26. The Balaban J connectivity index is 3.51. The summed E-state index contributed by atoms with van der Waals surface area (Å²) >= 11 is 0. The minimum absolute atomic E-state index is 0.634. The van der Waals surface area contributed by atoms with Crippen LogP contribution < -0.4 is 15.2 Å². The summed E-state index contributed by atoms with van der Waals surface area (Å²) in [6.07, 6.45) is 1.00. The van der Waals surface area contributed by atoms with Crippen LogP contribution in [0.15, 0.2) is 18.2 Å². The summed E-state index contributed by atoms with van der Waals surface area (Å²) in [5, 5.41) is 10.2. The lowest BCUT2D eigenvalue weighted by Gasteiger charge is -1.98. The van der Waals surface area contributed by atoms with Crippen LogP contribution in [-0.2, 0) is 0 Å². The lowest BCUT2D eigenvalue weighted by molar-refractivity contribution is 0.408. The molecule has 1 aromatic carbocycles. The molecule has 0 unspecified atom stereocenters. The van der Waals surface area contributed by atoms with Crippen molar-refractivity contribution in [2.75, 3.05) is 7.11 Å². The molecule has 0 bridgehead atoms. The van der Waals surface area contributed by atoms with E-state index in [0.29, 0.717) is 11.0 Å². The van der Waals surface area contributed by atoms with Crippen molar-refractivity contribution >= 4 is 12.8 Å². The summed E-state index contributed by atoms with van der Waals surface area (Å²) in [7, 11) is 1.56. The molecule has 2 heteroatoms. The van der Waals surface area contributed by atoms with Crippen LogP contribution in [-0.4, -0.2) is 12.2 Å². The molecule has 0 atom stereocenters. The van der Waals surface area contributed by atoms with E-state index in [4.69, 9.17) is 9.84 Å². The standard InChI is InChI=1S/C9H10O2/c1-7-4-3-5-9(11-2)8(7)6-10/h3-6,10H,1H2,2H3/b8-6+. The third kappa shape index (κ3) is 1.34. The van der Waals surface area contributed by atoms with Crippen LogP contribution in [0, 0.1) is 0 Å². The van der Waals surface area contributed by atoms with Crippen LogP contribution in [0.3, 0.4) is 0 Å². The summed E-state index contributed by atoms with van der Waals surface area (Å²) in [6.45, 7) is 3.73. The Morgan fingerprint density at radius 2 is 2.27 bits per heavy atom. The van der Waals surface area contributed by atoms with E-state index >= 15 is 0 Å². The average Bonchev–Trinajstić information content (AvgIpc) is 2.04. The van der Waals surface area contributed by atoms with Gasteiger partial charge in [0.25, 0.3) is 0 Å². The number of methoxy groups -OCH3 is 1. The Hall–Kier alpha value is -1.44. The van der Waals surface area contributed by atoms with Crippen LogP contribution in [0.25, 0.3) is 12.8 Å². The first-order valence-corrected chi connectivity index (χ1v) is 3.26. The zero-order chi connectivity index (χ0) is 8.27. The normalized spacial score (nSPS) is 11.5. The van der Waals surface area contributed by atoms with Crippen molar-refractivity contribution in [3.8, 4) is 5.75 Å². The zero-order valence-corrected chi connectivity index (χ0v) is 6.37. The first kappa shape index (κ1) is 7.66. The number of aliphatic hydroxyl groups is 1. The third-order valence-corrected chi connectivity index (χ3v) is 1.51. The third-order valence-electron chi connectivity index (χ3n) is 1.51. The van der Waals surface area contributed by atoms with E-state index in [0.717, 1.165) is 11.5 Å². The fourth-order valence-electron chi connectivity index (χ4n) is 0.914. The summed E-state index contributed by atoms with van der Waals surface area (Å²) in [6, 6.07) is 5.41. The van der Waals surface area contributed by atoms with E-state index in [2.05, 4.69) is 6.58 Å². The Bertz CT molecular complexity index is 341. The Morgan fingerprint density at radius 1 is 1.55 bits per heavy atom. The van der Waals surface area contributed by atoms with Crippen LogP contribution in [0.5, 0.6) is 5.75 Å². The van der Waals surface area contributed by atoms with Gasteiger partial charge in [-0.25, -0.2) is 0 Å². The predicted octanol–water partition coefficient (Wildman–Crippen LogP) is 0.402. The van der Waals surface area contributed by atoms with Crippen molar-refractivity contribution in [3.63, 3.8) is 0 Å². The minimum atomic E-state index is 0.634. The van der Waals surface area contributed by atoms with Gasteiger partial charge in [0, 0.05) is 0 Å². The van der Waals surface area contributed by atoms with Crippen LogP contribution in [0.2, 0.25) is 0 Å². The van der Waals surface area contributed by atoms with Gasteiger partial charge in [-0.15, -0.1) is 0 Å². The van der Waals surface area contributed by atoms with Gasteiger partial charge in [0.2, 0.25) is 0 Å². The summed E-state index contributed by atoms with van der Waals surface area (Å²) in [5.74, 6) is 0.639. The fraction of sp³-hybridized carbons (Fsp3) is 0.111. The van der Waals surface area contributed by atoms with E-state index in [-0.39, 0.29) is 0 Å². The molecular weight excluding hydrogens is 140 g/mol. The quantitative estimate of drug-likeness (QED) is 0.628. The average molecular weight is 150 g/mol. The summed E-state index contributed by atoms with van der Waals surface area (Å²) in [4.78, 5) is 0. The first-order chi connectivity index (χ1) is 5.29. The van der Waals surface area contributed by atoms with Crippen LogP contribution in [0.4, 0.5) is 0 Å². The number of hydrogen-bond acceptors (Lipinski definition) is 2. The maximum Gasteiger partial charge on any atom is 0.129 e. The van der Waals surface area contributed by atoms with Gasteiger partial charge in [-0.2, -0.15) is 0 Å². The molecular formula is C9H10O2. The highest BCUT2D eigenvalue weighted by Gasteiger charge is 1.92. The van der Waals surface area contributed by atoms with Crippen molar-refractivity contribution in [1.82, 2.24) is 0 Å². The van der Waals surface area contributed by atoms with Crippen LogP contribution >= 0.6 is 0 Å². The Kier molecular flexibility index (Phi) is 2.16. The largest absolute Gasteiger partial charge is 0.515 e. The van der Waals surface area contributed by atoms with Crippen molar-refractivity contribution in [2.45, 2.75) is 0 Å². The van der Waals surface area contributed by atoms with Gasteiger partial charge < -0.3 is 9.84 Å². The molecule has 11 heavy (non-hydrogen) atoms. The molecule has 0 aromatic heterocycles. The van der Waals surface area contributed by atoms with Gasteiger partial charge in [0.1, 0.15) is 5.75 Å². The molecule has 2 nitrogen and oxygen atoms in total. The van der Waals surface area contributed by atoms with E-state index < -0.39 is 0 Å². The highest BCUT2D eigenvalue weighted by molar-refractivity contribution is 5.32. The van der Waals surface area contributed by atoms with E-state index in [1.807, 2.05) is 12.1 Å². The van der Waals surface area contributed by atoms with Crippen molar-refractivity contribution in [2.24, 2.45) is 0 Å². The van der Waals surface area contributed by atoms with E-state index in [1.165, 1.54) is 0 Å². The monoisotopic (exact) mass is 150 g/mol. The molecule has 0 fully saturated rings. The lowest BCUT2D eigenvalue weighted by Crippen LogP contribution is -2.24. The molecule has 0 heterocycles. The van der Waals surface area contributed by atoms with Gasteiger partial charge >= 0.3 is 0 Å². The molecule has 58 valence electrons. The van der Waals surface area contributed by atoms with Gasteiger partial charge in [-0.1, -0.05) is 18.7 Å². The second-order valence-corrected chi connectivity index (χ2v) is 2.16. The summed E-state index contributed by atoms with van der Waals surface area (Å²) < 4.78 is 4.99. The van der Waals surface area contributed by atoms with E-state index in [1.54, 1.807) is 13.2 Å². The number of aliphatic hydroxyl groups excluding tert-OH is 1. The molecule has 1 N–H and O–H groups in total. The molecule has 0 spiro atoms. The SMILES string of the molecule is C=c1cccc(OC)/c1=C/O. The van der Waals surface area contributed by atoms with E-state index in [9.17, 15) is 0 Å². The van der Waals surface area contributed by atoms with Gasteiger partial charge in [-0.3, -0.25) is 0 Å². The van der Waals surface area contributed by atoms with Crippen molar-refractivity contribution < 1.29 is 9.84 Å². The van der Waals surface area contributed by atoms with Gasteiger partial charge in [0.05, 0.1) is 18.6 Å². The number of benzene rings is 1. The van der Waals surface area contributed by atoms with Crippen molar-refractivity contribution in [1.29, 1.82) is 0 Å². The van der Waals surface area contributed by atoms with Crippen LogP contribution in [0.1, 0.15) is 0 Å². The maximum atomic E-state index is 8.79. The molecule has 0 amide bonds. The molecule has 1 aromatic rings. The highest BCUT2D eigenvalue weighted by atomic mass is 16.5. The number of rotatable bonds is 1. The van der Waals surface area contributed by atoms with Crippen molar-refractivity contribution in [3.05, 3.63) is 28.6 Å². The molecule has 0 saturated carbocycles. The molecule has 0 radical (unpaired) electrons. The predicted molar refractivity (Wildman–Crippen MR) is 44.9 cm³/mol. The maximum absolute atomic E-state index is 8.79. The second kappa shape index (κ2) is 3.10. The smallest absolute Gasteiger partial charge is 0.129 e. The topological polar surface area (TPSA) is 29.5 Å².